The van der Waals surface area contributed by atoms with E-state index in [9.17, 15) is 14.4 Å². The van der Waals surface area contributed by atoms with E-state index < -0.39 is 6.10 Å². The van der Waals surface area contributed by atoms with Gasteiger partial charge in [0.15, 0.2) is 6.10 Å². The maximum Gasteiger partial charge on any atom is 0.306 e. The predicted molar refractivity (Wildman–Crippen MR) is 270 cm³/mol. The molecule has 0 fully saturated rings. The van der Waals surface area contributed by atoms with Crippen molar-refractivity contribution >= 4 is 17.9 Å². The first-order valence-electron chi connectivity index (χ1n) is 27.8. The van der Waals surface area contributed by atoms with Gasteiger partial charge in [-0.25, -0.2) is 0 Å². The molecule has 6 heteroatoms. The lowest BCUT2D eigenvalue weighted by Crippen LogP contribution is -2.30. The first kappa shape index (κ1) is 60.9. The zero-order chi connectivity index (χ0) is 45.8. The second-order valence-corrected chi connectivity index (χ2v) is 18.8. The summed E-state index contributed by atoms with van der Waals surface area (Å²) >= 11 is 0. The molecule has 1 unspecified atom stereocenters. The Bertz CT molecular complexity index is 1020. The van der Waals surface area contributed by atoms with Crippen LogP contribution in [0.3, 0.4) is 0 Å². The molecule has 0 aliphatic heterocycles. The summed E-state index contributed by atoms with van der Waals surface area (Å²) in [6.45, 7) is 6.65. The zero-order valence-electron chi connectivity index (χ0n) is 42.4. The SMILES string of the molecule is CCCCCCC/C=C\CCCCCCCC(=O)OCC(COC(=O)CCCCCCCCCCCCCCCCCC)OC(=O)CCCCCCC/C=C\CCCCCCCC. The van der Waals surface area contributed by atoms with Gasteiger partial charge in [-0.05, 0) is 70.6 Å². The van der Waals surface area contributed by atoms with Crippen molar-refractivity contribution in [3.8, 4) is 0 Å². The molecule has 63 heavy (non-hydrogen) atoms. The number of unbranched alkanes of at least 4 members (excludes halogenated alkanes) is 36. The standard InChI is InChI=1S/C57H106O6/c1-4-7-10-13-16-19-22-25-28-30-32-35-38-41-44-47-50-56(59)62-53-54(52-61-55(58)49-46-43-40-37-34-31-27-24-21-18-15-12-9-6-3)63-57(60)51-48-45-42-39-36-33-29-26-23-20-17-14-11-8-5-2/h24,26-27,29,54H,4-23,25,28,30-53H2,1-3H3/b27-24-,29-26-. The Balaban J connectivity index is 4.35. The van der Waals surface area contributed by atoms with E-state index in [1.807, 2.05) is 0 Å². The van der Waals surface area contributed by atoms with Gasteiger partial charge in [0.05, 0.1) is 0 Å². The summed E-state index contributed by atoms with van der Waals surface area (Å²) in [5.74, 6) is -0.873. The van der Waals surface area contributed by atoms with Crippen molar-refractivity contribution < 1.29 is 28.6 Å². The molecule has 0 radical (unpaired) electrons. The van der Waals surface area contributed by atoms with E-state index in [1.165, 1.54) is 193 Å². The summed E-state index contributed by atoms with van der Waals surface area (Å²) in [5, 5.41) is 0. The Morgan fingerprint density at radius 2 is 0.524 bits per heavy atom. The molecule has 0 aromatic rings. The van der Waals surface area contributed by atoms with Gasteiger partial charge in [0.25, 0.3) is 0 Å². The van der Waals surface area contributed by atoms with Crippen LogP contribution in [0.25, 0.3) is 0 Å². The first-order chi connectivity index (χ1) is 31.0. The minimum atomic E-state index is -0.774. The van der Waals surface area contributed by atoms with Crippen LogP contribution < -0.4 is 0 Å². The highest BCUT2D eigenvalue weighted by molar-refractivity contribution is 5.71. The molecule has 0 bridgehead atoms. The van der Waals surface area contributed by atoms with E-state index >= 15 is 0 Å². The Kier molecular flexibility index (Phi) is 50.8. The second-order valence-electron chi connectivity index (χ2n) is 18.8. The third-order valence-electron chi connectivity index (χ3n) is 12.4. The summed E-state index contributed by atoms with van der Waals surface area (Å²) in [6, 6.07) is 0. The Hall–Kier alpha value is -2.11. The maximum atomic E-state index is 12.8. The number of hydrogen-bond acceptors (Lipinski definition) is 6. The fourth-order valence-electron chi connectivity index (χ4n) is 8.20. The molecule has 0 aliphatic rings. The van der Waals surface area contributed by atoms with E-state index in [0.717, 1.165) is 70.6 Å². The minimum Gasteiger partial charge on any atom is -0.462 e. The number of carbonyl (C=O) groups is 3. The molecule has 370 valence electrons. The molecule has 0 saturated carbocycles. The van der Waals surface area contributed by atoms with Crippen LogP contribution in [-0.2, 0) is 28.6 Å². The highest BCUT2D eigenvalue weighted by atomic mass is 16.6. The molecule has 0 saturated heterocycles. The molecule has 6 nitrogen and oxygen atoms in total. The molecule has 0 heterocycles. The highest BCUT2D eigenvalue weighted by Crippen LogP contribution is 2.16. The van der Waals surface area contributed by atoms with Crippen molar-refractivity contribution in [2.45, 2.75) is 309 Å². The van der Waals surface area contributed by atoms with Crippen LogP contribution in [0.5, 0.6) is 0 Å². The van der Waals surface area contributed by atoms with Gasteiger partial charge in [0, 0.05) is 19.3 Å². The average Bonchev–Trinajstić information content (AvgIpc) is 3.28. The summed E-state index contributed by atoms with van der Waals surface area (Å²) in [4.78, 5) is 38.1. The van der Waals surface area contributed by atoms with Crippen LogP contribution in [0, 0.1) is 0 Å². The van der Waals surface area contributed by atoms with Crippen molar-refractivity contribution in [3.63, 3.8) is 0 Å². The zero-order valence-corrected chi connectivity index (χ0v) is 42.4. The summed E-state index contributed by atoms with van der Waals surface area (Å²) in [5.41, 5.74) is 0. The maximum absolute atomic E-state index is 12.8. The van der Waals surface area contributed by atoms with Crippen molar-refractivity contribution in [2.75, 3.05) is 13.2 Å². The average molecular weight is 887 g/mol. The van der Waals surface area contributed by atoms with Crippen LogP contribution >= 0.6 is 0 Å². The lowest BCUT2D eigenvalue weighted by molar-refractivity contribution is -0.167. The van der Waals surface area contributed by atoms with Gasteiger partial charge in [0.1, 0.15) is 13.2 Å². The topological polar surface area (TPSA) is 78.9 Å². The van der Waals surface area contributed by atoms with Gasteiger partial charge < -0.3 is 14.2 Å². The van der Waals surface area contributed by atoms with Crippen LogP contribution in [0.15, 0.2) is 24.3 Å². The summed E-state index contributed by atoms with van der Waals surface area (Å²) in [6.07, 6.45) is 60.2. The molecule has 0 spiro atoms. The molecule has 0 N–H and O–H groups in total. The summed E-state index contributed by atoms with van der Waals surface area (Å²) in [7, 11) is 0. The number of ether oxygens (including phenoxy) is 3. The largest absolute Gasteiger partial charge is 0.462 e. The number of esters is 3. The predicted octanol–water partition coefficient (Wildman–Crippen LogP) is 18.3. The normalized spacial score (nSPS) is 12.1. The van der Waals surface area contributed by atoms with Gasteiger partial charge in [-0.15, -0.1) is 0 Å². The van der Waals surface area contributed by atoms with E-state index in [1.54, 1.807) is 0 Å². The van der Waals surface area contributed by atoms with E-state index in [-0.39, 0.29) is 31.1 Å². The van der Waals surface area contributed by atoms with Crippen molar-refractivity contribution in [1.29, 1.82) is 0 Å². The highest BCUT2D eigenvalue weighted by Gasteiger charge is 2.19. The molecule has 0 aliphatic carbocycles. The van der Waals surface area contributed by atoms with E-state index in [0.29, 0.717) is 19.3 Å². The second kappa shape index (κ2) is 52.5. The fourth-order valence-corrected chi connectivity index (χ4v) is 8.20. The first-order valence-corrected chi connectivity index (χ1v) is 27.8. The molecular formula is C57H106O6. The molecular weight excluding hydrogens is 781 g/mol. The van der Waals surface area contributed by atoms with Crippen LogP contribution in [-0.4, -0.2) is 37.2 Å². The van der Waals surface area contributed by atoms with Gasteiger partial charge in [-0.3, -0.25) is 14.4 Å². The minimum absolute atomic E-state index is 0.0730. The lowest BCUT2D eigenvalue weighted by Gasteiger charge is -2.18. The van der Waals surface area contributed by atoms with Crippen LogP contribution in [0.1, 0.15) is 303 Å². The van der Waals surface area contributed by atoms with Crippen molar-refractivity contribution in [1.82, 2.24) is 0 Å². The Morgan fingerprint density at radius 1 is 0.302 bits per heavy atom. The number of rotatable bonds is 51. The Labute approximate surface area is 392 Å². The van der Waals surface area contributed by atoms with E-state index in [2.05, 4.69) is 45.1 Å². The third kappa shape index (κ3) is 50.7. The molecule has 1 atom stereocenters. The smallest absolute Gasteiger partial charge is 0.306 e. The molecule has 0 amide bonds. The molecule has 0 aromatic heterocycles. The quantitative estimate of drug-likeness (QED) is 0.0262. The monoisotopic (exact) mass is 887 g/mol. The number of allylic oxidation sites excluding steroid dienone is 4. The number of hydrogen-bond donors (Lipinski definition) is 0. The van der Waals surface area contributed by atoms with Gasteiger partial charge in [-0.1, -0.05) is 238 Å². The van der Waals surface area contributed by atoms with Gasteiger partial charge in [0.2, 0.25) is 0 Å². The molecule has 0 aromatic carbocycles. The van der Waals surface area contributed by atoms with Gasteiger partial charge in [-0.2, -0.15) is 0 Å². The summed E-state index contributed by atoms with van der Waals surface area (Å²) < 4.78 is 16.8. The third-order valence-corrected chi connectivity index (χ3v) is 12.4. The number of carbonyl (C=O) groups excluding carboxylic acids is 3. The lowest BCUT2D eigenvalue weighted by atomic mass is 10.0. The van der Waals surface area contributed by atoms with Crippen LogP contribution in [0.4, 0.5) is 0 Å². The Morgan fingerprint density at radius 3 is 0.794 bits per heavy atom. The van der Waals surface area contributed by atoms with Crippen molar-refractivity contribution in [3.05, 3.63) is 24.3 Å². The van der Waals surface area contributed by atoms with Crippen molar-refractivity contribution in [2.24, 2.45) is 0 Å². The molecule has 0 rings (SSSR count). The van der Waals surface area contributed by atoms with Gasteiger partial charge >= 0.3 is 17.9 Å². The van der Waals surface area contributed by atoms with E-state index in [4.69, 9.17) is 14.2 Å². The fraction of sp³-hybridized carbons (Fsp3) is 0.877. The van der Waals surface area contributed by atoms with Crippen LogP contribution in [0.2, 0.25) is 0 Å².